The number of nitrogens with zero attached hydrogens (tertiary/aromatic N) is 1. The minimum atomic E-state index is 0.193. The second-order valence-electron chi connectivity index (χ2n) is 5.67. The molecule has 0 unspecified atom stereocenters. The number of aliphatic imine (C=N–C) groups is 1. The average Bonchev–Trinajstić information content (AvgIpc) is 2.43. The van der Waals surface area contributed by atoms with Crippen molar-refractivity contribution in [1.29, 1.82) is 0 Å². The number of hydrogen-bond donors (Lipinski definition) is 2. The molecule has 0 aliphatic heterocycles. The van der Waals surface area contributed by atoms with Gasteiger partial charge in [0.25, 0.3) is 0 Å². The van der Waals surface area contributed by atoms with Gasteiger partial charge in [0.05, 0.1) is 0 Å². The molecule has 0 aliphatic carbocycles. The van der Waals surface area contributed by atoms with Crippen molar-refractivity contribution < 1.29 is 0 Å². The lowest BCUT2D eigenvalue weighted by Gasteiger charge is -2.26. The first-order chi connectivity index (χ1) is 9.57. The Hall–Kier alpha value is -1.16. The van der Waals surface area contributed by atoms with Gasteiger partial charge in [-0.25, -0.2) is 0 Å². The summed E-state index contributed by atoms with van der Waals surface area (Å²) in [5.74, 6) is 1.98. The van der Waals surface area contributed by atoms with E-state index in [0.717, 1.165) is 31.2 Å². The van der Waals surface area contributed by atoms with Gasteiger partial charge in [0, 0.05) is 25.9 Å². The van der Waals surface area contributed by atoms with E-state index >= 15 is 0 Å². The van der Waals surface area contributed by atoms with Crippen molar-refractivity contribution in [2.75, 3.05) is 32.1 Å². The van der Waals surface area contributed by atoms with E-state index in [4.69, 9.17) is 0 Å². The van der Waals surface area contributed by atoms with Crippen LogP contribution in [-0.4, -0.2) is 38.1 Å². The van der Waals surface area contributed by atoms with Crippen LogP contribution < -0.4 is 10.6 Å². The van der Waals surface area contributed by atoms with Gasteiger partial charge in [0.15, 0.2) is 5.96 Å². The van der Waals surface area contributed by atoms with E-state index in [9.17, 15) is 0 Å². The molecule has 0 saturated heterocycles. The van der Waals surface area contributed by atoms with Crippen LogP contribution in [0.5, 0.6) is 0 Å². The highest BCUT2D eigenvalue weighted by Crippen LogP contribution is 2.20. The molecule has 0 bridgehead atoms. The standard InChI is InChI=1S/C16H27N3S/c1-16(2,12-14-8-6-5-7-9-14)13-19-15(17-3)18-10-11-20-4/h5-9H,10-13H2,1-4H3,(H2,17,18,19). The first kappa shape index (κ1) is 16.9. The van der Waals surface area contributed by atoms with Gasteiger partial charge in [0.2, 0.25) is 0 Å². The van der Waals surface area contributed by atoms with Crippen molar-refractivity contribution in [2.45, 2.75) is 20.3 Å². The minimum absolute atomic E-state index is 0.193. The summed E-state index contributed by atoms with van der Waals surface area (Å²) < 4.78 is 0. The Morgan fingerprint density at radius 1 is 1.20 bits per heavy atom. The SMILES string of the molecule is CN=C(NCCSC)NCC(C)(C)Cc1ccccc1. The summed E-state index contributed by atoms with van der Waals surface area (Å²) in [6, 6.07) is 10.6. The highest BCUT2D eigenvalue weighted by Gasteiger charge is 2.18. The van der Waals surface area contributed by atoms with Crippen LogP contribution in [0.3, 0.4) is 0 Å². The predicted octanol–water partition coefficient (Wildman–Crippen LogP) is 2.78. The number of guanidine groups is 1. The normalized spacial score (nSPS) is 12.3. The minimum Gasteiger partial charge on any atom is -0.356 e. The Morgan fingerprint density at radius 3 is 2.50 bits per heavy atom. The summed E-state index contributed by atoms with van der Waals surface area (Å²) in [6.45, 7) is 6.41. The fraction of sp³-hybridized carbons (Fsp3) is 0.562. The molecular weight excluding hydrogens is 266 g/mol. The number of benzene rings is 1. The molecular formula is C16H27N3S. The van der Waals surface area contributed by atoms with Crippen LogP contribution in [0.1, 0.15) is 19.4 Å². The molecule has 0 aliphatic rings. The maximum atomic E-state index is 4.26. The van der Waals surface area contributed by atoms with Gasteiger partial charge in [0.1, 0.15) is 0 Å². The molecule has 0 aromatic heterocycles. The highest BCUT2D eigenvalue weighted by atomic mass is 32.2. The highest BCUT2D eigenvalue weighted by molar-refractivity contribution is 7.98. The van der Waals surface area contributed by atoms with Gasteiger partial charge in [-0.1, -0.05) is 44.2 Å². The first-order valence-electron chi connectivity index (χ1n) is 7.05. The van der Waals surface area contributed by atoms with E-state index in [2.05, 4.69) is 66.1 Å². The Balaban J connectivity index is 2.41. The second-order valence-corrected chi connectivity index (χ2v) is 6.66. The van der Waals surface area contributed by atoms with Crippen LogP contribution in [0.4, 0.5) is 0 Å². The van der Waals surface area contributed by atoms with E-state index < -0.39 is 0 Å². The van der Waals surface area contributed by atoms with Gasteiger partial charge in [-0.15, -0.1) is 0 Å². The molecule has 0 radical (unpaired) electrons. The Morgan fingerprint density at radius 2 is 1.90 bits per heavy atom. The number of nitrogens with one attached hydrogen (secondary N) is 2. The molecule has 1 aromatic carbocycles. The van der Waals surface area contributed by atoms with Gasteiger partial charge in [-0.2, -0.15) is 11.8 Å². The molecule has 0 atom stereocenters. The molecule has 0 fully saturated rings. The van der Waals surface area contributed by atoms with Crippen LogP contribution in [0.2, 0.25) is 0 Å². The van der Waals surface area contributed by atoms with Gasteiger partial charge < -0.3 is 10.6 Å². The lowest BCUT2D eigenvalue weighted by Crippen LogP contribution is -2.43. The summed E-state index contributed by atoms with van der Waals surface area (Å²) >= 11 is 1.83. The zero-order valence-electron chi connectivity index (χ0n) is 13.1. The molecule has 0 saturated carbocycles. The van der Waals surface area contributed by atoms with Crippen molar-refractivity contribution in [3.8, 4) is 0 Å². The molecule has 1 aromatic rings. The van der Waals surface area contributed by atoms with Gasteiger partial charge in [-0.05, 0) is 23.7 Å². The van der Waals surface area contributed by atoms with Crippen LogP contribution in [0, 0.1) is 5.41 Å². The molecule has 4 heteroatoms. The first-order valence-corrected chi connectivity index (χ1v) is 8.44. The summed E-state index contributed by atoms with van der Waals surface area (Å²) in [7, 11) is 1.82. The zero-order chi connectivity index (χ0) is 14.8. The Bertz CT molecular complexity index is 401. The largest absolute Gasteiger partial charge is 0.356 e. The third-order valence-electron chi connectivity index (χ3n) is 3.08. The molecule has 20 heavy (non-hydrogen) atoms. The van der Waals surface area contributed by atoms with E-state index in [1.807, 2.05) is 18.8 Å². The predicted molar refractivity (Wildman–Crippen MR) is 91.7 cm³/mol. The van der Waals surface area contributed by atoms with E-state index in [1.165, 1.54) is 5.56 Å². The molecule has 112 valence electrons. The maximum absolute atomic E-state index is 4.26. The van der Waals surface area contributed by atoms with E-state index in [-0.39, 0.29) is 5.41 Å². The number of hydrogen-bond acceptors (Lipinski definition) is 2. The van der Waals surface area contributed by atoms with Crippen LogP contribution in [-0.2, 0) is 6.42 Å². The average molecular weight is 293 g/mol. The summed E-state index contributed by atoms with van der Waals surface area (Å²) in [6.07, 6.45) is 3.17. The topological polar surface area (TPSA) is 36.4 Å². The van der Waals surface area contributed by atoms with Gasteiger partial charge in [-0.3, -0.25) is 4.99 Å². The third kappa shape index (κ3) is 6.85. The summed E-state index contributed by atoms with van der Waals surface area (Å²) in [5.41, 5.74) is 1.57. The molecule has 0 amide bonds. The lowest BCUT2D eigenvalue weighted by molar-refractivity contribution is 0.359. The molecule has 0 spiro atoms. The second kappa shape index (κ2) is 8.90. The quantitative estimate of drug-likeness (QED) is 0.461. The molecule has 1 rings (SSSR count). The monoisotopic (exact) mass is 293 g/mol. The van der Waals surface area contributed by atoms with Crippen molar-refractivity contribution in [3.63, 3.8) is 0 Å². The fourth-order valence-corrected chi connectivity index (χ4v) is 2.33. The van der Waals surface area contributed by atoms with E-state index in [0.29, 0.717) is 0 Å². The zero-order valence-corrected chi connectivity index (χ0v) is 13.9. The Kier molecular flexibility index (Phi) is 7.52. The molecule has 0 heterocycles. The summed E-state index contributed by atoms with van der Waals surface area (Å²) in [5, 5.41) is 6.74. The third-order valence-corrected chi connectivity index (χ3v) is 3.69. The summed E-state index contributed by atoms with van der Waals surface area (Å²) in [4.78, 5) is 4.26. The van der Waals surface area contributed by atoms with E-state index in [1.54, 1.807) is 0 Å². The van der Waals surface area contributed by atoms with Crippen LogP contribution in [0.25, 0.3) is 0 Å². The maximum Gasteiger partial charge on any atom is 0.191 e. The molecule has 2 N–H and O–H groups in total. The van der Waals surface area contributed by atoms with Gasteiger partial charge >= 0.3 is 0 Å². The van der Waals surface area contributed by atoms with Crippen LogP contribution in [0.15, 0.2) is 35.3 Å². The van der Waals surface area contributed by atoms with Crippen molar-refractivity contribution in [1.82, 2.24) is 10.6 Å². The van der Waals surface area contributed by atoms with Crippen molar-refractivity contribution in [3.05, 3.63) is 35.9 Å². The van der Waals surface area contributed by atoms with Crippen molar-refractivity contribution in [2.24, 2.45) is 10.4 Å². The smallest absolute Gasteiger partial charge is 0.191 e. The molecule has 3 nitrogen and oxygen atoms in total. The van der Waals surface area contributed by atoms with Crippen molar-refractivity contribution >= 4 is 17.7 Å². The fourth-order valence-electron chi connectivity index (χ4n) is 2.03. The number of thioether (sulfide) groups is 1. The Labute approximate surface area is 127 Å². The van der Waals surface area contributed by atoms with Crippen LogP contribution >= 0.6 is 11.8 Å². The lowest BCUT2D eigenvalue weighted by atomic mass is 9.86. The number of rotatable bonds is 7.